The van der Waals surface area contributed by atoms with Crippen molar-refractivity contribution in [2.24, 2.45) is 0 Å². The molecular formula is C11H14N2O7S. The molecule has 0 aliphatic heterocycles. The van der Waals surface area contributed by atoms with E-state index in [9.17, 15) is 9.90 Å². The summed E-state index contributed by atoms with van der Waals surface area (Å²) in [5.41, 5.74) is 1.02. The third-order valence-corrected chi connectivity index (χ3v) is 2.50. The van der Waals surface area contributed by atoms with E-state index in [4.69, 9.17) is 22.6 Å². The summed E-state index contributed by atoms with van der Waals surface area (Å²) in [6.45, 7) is 1.60. The fourth-order valence-corrected chi connectivity index (χ4v) is 1.69. The highest BCUT2D eigenvalue weighted by Crippen LogP contribution is 2.14. The molecule has 0 atom stereocenters. The smallest absolute Gasteiger partial charge is 0.394 e. The Labute approximate surface area is 119 Å². The predicted molar refractivity (Wildman–Crippen MR) is 72.8 cm³/mol. The van der Waals surface area contributed by atoms with Gasteiger partial charge in [0, 0.05) is 30.5 Å². The van der Waals surface area contributed by atoms with Gasteiger partial charge in [-0.15, -0.1) is 0 Å². The molecule has 0 radical (unpaired) electrons. The Bertz CT molecular complexity index is 790. The van der Waals surface area contributed by atoms with Gasteiger partial charge in [-0.1, -0.05) is 0 Å². The predicted octanol–water partition coefficient (Wildman–Crippen LogP) is -0.409. The molecule has 2 heterocycles. The van der Waals surface area contributed by atoms with Gasteiger partial charge in [-0.2, -0.15) is 8.42 Å². The normalized spacial score (nSPS) is 11.0. The van der Waals surface area contributed by atoms with E-state index in [0.717, 1.165) is 0 Å². The third kappa shape index (κ3) is 4.79. The number of nitrogens with zero attached hydrogens (tertiary/aromatic N) is 2. The Morgan fingerprint density at radius 1 is 1.33 bits per heavy atom. The minimum absolute atomic E-state index is 0.0294. The molecule has 21 heavy (non-hydrogen) atoms. The molecular weight excluding hydrogens is 304 g/mol. The van der Waals surface area contributed by atoms with Crippen molar-refractivity contribution >= 4 is 16.0 Å². The molecule has 2 aromatic heterocycles. The lowest BCUT2D eigenvalue weighted by Crippen LogP contribution is -2.22. The fourth-order valence-electron chi connectivity index (χ4n) is 1.69. The first-order valence-electron chi connectivity index (χ1n) is 5.65. The van der Waals surface area contributed by atoms with Crippen molar-refractivity contribution in [3.05, 3.63) is 39.9 Å². The van der Waals surface area contributed by atoms with Crippen molar-refractivity contribution in [2.75, 3.05) is 6.61 Å². The Balaban J connectivity index is 0.000000383. The summed E-state index contributed by atoms with van der Waals surface area (Å²) in [5, 5.41) is 18.4. The molecule has 0 unspecified atom stereocenters. The summed E-state index contributed by atoms with van der Waals surface area (Å²) in [4.78, 5) is 16.1. The van der Waals surface area contributed by atoms with Gasteiger partial charge in [-0.05, 0) is 19.1 Å². The van der Waals surface area contributed by atoms with Crippen LogP contribution < -0.4 is 5.56 Å². The van der Waals surface area contributed by atoms with E-state index in [-0.39, 0.29) is 30.0 Å². The fraction of sp³-hybridized carbons (Fsp3) is 0.273. The second kappa shape index (κ2) is 6.63. The van der Waals surface area contributed by atoms with E-state index in [0.29, 0.717) is 11.3 Å². The van der Waals surface area contributed by atoms with Gasteiger partial charge in [-0.25, -0.2) is 4.98 Å². The van der Waals surface area contributed by atoms with Crippen LogP contribution in [0.15, 0.2) is 23.1 Å². The monoisotopic (exact) mass is 318 g/mol. The molecule has 2 aromatic rings. The van der Waals surface area contributed by atoms with Crippen LogP contribution >= 0.6 is 0 Å². The van der Waals surface area contributed by atoms with Crippen LogP contribution in [0, 0.1) is 6.92 Å². The highest BCUT2D eigenvalue weighted by Gasteiger charge is 2.10. The largest absolute Gasteiger partial charge is 0.504 e. The zero-order chi connectivity index (χ0) is 16.2. The van der Waals surface area contributed by atoms with Gasteiger partial charge in [0.2, 0.25) is 0 Å². The van der Waals surface area contributed by atoms with Crippen LogP contribution in [0.5, 0.6) is 5.75 Å². The van der Waals surface area contributed by atoms with Crippen LogP contribution in [0.2, 0.25) is 0 Å². The summed E-state index contributed by atoms with van der Waals surface area (Å²) >= 11 is 0. The number of aromatic hydroxyl groups is 1. The van der Waals surface area contributed by atoms with Crippen LogP contribution in [0.4, 0.5) is 0 Å². The number of rotatable bonds is 2. The SMILES string of the molecule is Cc1nc2c(O)cccn2c(=O)c1CCO.O=S(=O)(O)O. The summed E-state index contributed by atoms with van der Waals surface area (Å²) in [7, 11) is -4.67. The van der Waals surface area contributed by atoms with Crippen LogP contribution in [0.1, 0.15) is 11.3 Å². The molecule has 0 saturated heterocycles. The zero-order valence-corrected chi connectivity index (χ0v) is 11.8. The summed E-state index contributed by atoms with van der Waals surface area (Å²) in [6.07, 6.45) is 1.82. The first kappa shape index (κ1) is 17.0. The maximum Gasteiger partial charge on any atom is 0.394 e. The molecule has 4 N–H and O–H groups in total. The molecule has 116 valence electrons. The highest BCUT2D eigenvalue weighted by atomic mass is 32.3. The summed E-state index contributed by atoms with van der Waals surface area (Å²) in [6, 6.07) is 3.05. The lowest BCUT2D eigenvalue weighted by Gasteiger charge is -2.07. The molecule has 0 spiro atoms. The average molecular weight is 318 g/mol. The van der Waals surface area contributed by atoms with Gasteiger partial charge in [-0.3, -0.25) is 18.3 Å². The average Bonchev–Trinajstić information content (AvgIpc) is 2.34. The van der Waals surface area contributed by atoms with Crippen LogP contribution in [0.25, 0.3) is 5.65 Å². The number of aromatic nitrogens is 2. The molecule has 9 nitrogen and oxygen atoms in total. The van der Waals surface area contributed by atoms with Crippen LogP contribution in [0.3, 0.4) is 0 Å². The van der Waals surface area contributed by atoms with Crippen molar-refractivity contribution < 1.29 is 27.7 Å². The van der Waals surface area contributed by atoms with Gasteiger partial charge in [0.25, 0.3) is 5.56 Å². The molecule has 0 fully saturated rings. The number of fused-ring (bicyclic) bond motifs is 1. The van der Waals surface area contributed by atoms with E-state index >= 15 is 0 Å². The number of pyridine rings is 1. The summed E-state index contributed by atoms with van der Waals surface area (Å²) in [5.74, 6) is -0.0294. The van der Waals surface area contributed by atoms with Crippen molar-refractivity contribution in [1.29, 1.82) is 0 Å². The third-order valence-electron chi connectivity index (χ3n) is 2.50. The first-order valence-corrected chi connectivity index (χ1v) is 7.05. The summed E-state index contributed by atoms with van der Waals surface area (Å²) < 4.78 is 32.9. The molecule has 0 aliphatic carbocycles. The van der Waals surface area contributed by atoms with Gasteiger partial charge < -0.3 is 10.2 Å². The number of hydrogen-bond acceptors (Lipinski definition) is 6. The Kier molecular flexibility index (Phi) is 5.38. The number of aryl methyl sites for hydroxylation is 1. The molecule has 0 aliphatic rings. The lowest BCUT2D eigenvalue weighted by atomic mass is 10.2. The van der Waals surface area contributed by atoms with E-state index in [2.05, 4.69) is 4.98 Å². The maximum atomic E-state index is 12.0. The second-order valence-electron chi connectivity index (χ2n) is 3.99. The molecule has 0 amide bonds. The number of aliphatic hydroxyl groups excluding tert-OH is 1. The molecule has 0 aromatic carbocycles. The van der Waals surface area contributed by atoms with Crippen molar-refractivity contribution in [1.82, 2.24) is 9.38 Å². The van der Waals surface area contributed by atoms with Crippen molar-refractivity contribution in [3.8, 4) is 5.75 Å². The minimum Gasteiger partial charge on any atom is -0.504 e. The molecule has 0 bridgehead atoms. The lowest BCUT2D eigenvalue weighted by molar-refractivity contribution is 0.298. The first-order chi connectivity index (χ1) is 9.65. The van der Waals surface area contributed by atoms with Gasteiger partial charge in [0.05, 0.1) is 0 Å². The quantitative estimate of drug-likeness (QED) is 0.546. The maximum absolute atomic E-state index is 12.0. The van der Waals surface area contributed by atoms with E-state index < -0.39 is 10.4 Å². The highest BCUT2D eigenvalue weighted by molar-refractivity contribution is 7.79. The van der Waals surface area contributed by atoms with Gasteiger partial charge in [0.15, 0.2) is 11.4 Å². The van der Waals surface area contributed by atoms with Gasteiger partial charge >= 0.3 is 10.4 Å². The molecule has 2 rings (SSSR count). The van der Waals surface area contributed by atoms with Crippen molar-refractivity contribution in [3.63, 3.8) is 0 Å². The van der Waals surface area contributed by atoms with E-state index in [1.54, 1.807) is 19.2 Å². The van der Waals surface area contributed by atoms with Crippen molar-refractivity contribution in [2.45, 2.75) is 13.3 Å². The van der Waals surface area contributed by atoms with E-state index in [1.807, 2.05) is 0 Å². The standard InChI is InChI=1S/C11H12N2O3.H2O4S/c1-7-8(4-6-14)11(16)13-5-2-3-9(15)10(13)12-7;1-5(2,3)4/h2-3,5,14-15H,4,6H2,1H3;(H2,1,2,3,4). The number of aliphatic hydroxyl groups is 1. The second-order valence-corrected chi connectivity index (χ2v) is 4.89. The minimum atomic E-state index is -4.67. The van der Waals surface area contributed by atoms with Gasteiger partial charge in [0.1, 0.15) is 0 Å². The Hall–Kier alpha value is -2.01. The molecule has 10 heteroatoms. The molecule has 0 saturated carbocycles. The van der Waals surface area contributed by atoms with E-state index in [1.165, 1.54) is 10.5 Å². The Morgan fingerprint density at radius 3 is 2.43 bits per heavy atom. The topological polar surface area (TPSA) is 149 Å². The van der Waals surface area contributed by atoms with Crippen LogP contribution in [-0.2, 0) is 16.8 Å². The Morgan fingerprint density at radius 2 is 1.90 bits per heavy atom. The number of hydrogen-bond donors (Lipinski definition) is 4. The zero-order valence-electron chi connectivity index (χ0n) is 11.0. The van der Waals surface area contributed by atoms with Crippen LogP contribution in [-0.4, -0.2) is 43.7 Å².